The molecule has 0 aromatic heterocycles. The number of likely N-dealkylation sites (N-methyl/N-ethyl adjacent to an activating group) is 1. The molecule has 0 spiro atoms. The molecule has 0 bridgehead atoms. The Morgan fingerprint density at radius 2 is 0.828 bits per heavy atom. The number of carbonyl (C=O) groups excluding carboxylic acids is 1. The number of nitrogens with one attached hydrogen (secondary N) is 1. The van der Waals surface area contributed by atoms with E-state index in [1.807, 2.05) is 34.1 Å². The summed E-state index contributed by atoms with van der Waals surface area (Å²) in [5, 5.41) is 13.5. The largest absolute Gasteiger partial charge is 0.472 e. The van der Waals surface area contributed by atoms with Crippen molar-refractivity contribution in [3.63, 3.8) is 0 Å². The number of hydrogen-bond donors (Lipinski definition) is 3. The summed E-state index contributed by atoms with van der Waals surface area (Å²) >= 11 is 0. The van der Waals surface area contributed by atoms with Crippen LogP contribution in [0.4, 0.5) is 0 Å². The fourth-order valence-corrected chi connectivity index (χ4v) is 9.32. The predicted molar refractivity (Wildman–Crippen MR) is 277 cm³/mol. The number of allylic oxidation sites excluding steroid dienone is 1. The topological polar surface area (TPSA) is 105 Å². The second-order valence-corrected chi connectivity index (χ2v) is 22.1. The van der Waals surface area contributed by atoms with Crippen molar-refractivity contribution >= 4 is 13.7 Å². The number of phosphoric ester groups is 1. The van der Waals surface area contributed by atoms with E-state index >= 15 is 0 Å². The zero-order chi connectivity index (χ0) is 47.1. The van der Waals surface area contributed by atoms with Gasteiger partial charge in [0.25, 0.3) is 0 Å². The molecule has 0 aliphatic rings. The van der Waals surface area contributed by atoms with Gasteiger partial charge in [-0.05, 0) is 12.8 Å². The van der Waals surface area contributed by atoms with Gasteiger partial charge in [0.2, 0.25) is 5.91 Å². The van der Waals surface area contributed by atoms with E-state index in [1.165, 1.54) is 231 Å². The summed E-state index contributed by atoms with van der Waals surface area (Å²) in [6, 6.07) is -0.837. The zero-order valence-corrected chi connectivity index (χ0v) is 44.4. The summed E-state index contributed by atoms with van der Waals surface area (Å²) in [6.45, 7) is 4.63. The van der Waals surface area contributed by atoms with Gasteiger partial charge in [-0.15, -0.1) is 0 Å². The number of carbonyl (C=O) groups is 1. The van der Waals surface area contributed by atoms with E-state index in [9.17, 15) is 19.4 Å². The summed E-state index contributed by atoms with van der Waals surface area (Å²) < 4.78 is 23.3. The fourth-order valence-electron chi connectivity index (χ4n) is 8.58. The first-order chi connectivity index (χ1) is 31.0. The van der Waals surface area contributed by atoms with Crippen molar-refractivity contribution in [2.75, 3.05) is 40.9 Å². The highest BCUT2D eigenvalue weighted by Gasteiger charge is 2.27. The molecule has 3 unspecified atom stereocenters. The van der Waals surface area contributed by atoms with Crippen molar-refractivity contribution in [3.05, 3.63) is 12.2 Å². The van der Waals surface area contributed by atoms with Crippen LogP contribution in [0, 0.1) is 0 Å². The minimum Gasteiger partial charge on any atom is -0.387 e. The lowest BCUT2D eigenvalue weighted by Gasteiger charge is -2.25. The molecule has 9 heteroatoms. The van der Waals surface area contributed by atoms with Gasteiger partial charge in [0.15, 0.2) is 0 Å². The van der Waals surface area contributed by atoms with Crippen molar-refractivity contribution in [2.45, 2.75) is 296 Å². The molecular weight excluding hydrogens is 816 g/mol. The maximum atomic E-state index is 12.7. The van der Waals surface area contributed by atoms with Crippen LogP contribution in [0.1, 0.15) is 284 Å². The van der Waals surface area contributed by atoms with Crippen LogP contribution >= 0.6 is 7.82 Å². The Hall–Kier alpha value is -0.760. The van der Waals surface area contributed by atoms with Gasteiger partial charge in [-0.25, -0.2) is 4.57 Å². The van der Waals surface area contributed by atoms with Crippen LogP contribution in [0.25, 0.3) is 0 Å². The van der Waals surface area contributed by atoms with Gasteiger partial charge < -0.3 is 19.8 Å². The first-order valence-electron chi connectivity index (χ1n) is 28.1. The molecular formula is C55H112N2O6P+. The summed E-state index contributed by atoms with van der Waals surface area (Å²) in [7, 11) is 1.58. The van der Waals surface area contributed by atoms with Crippen LogP contribution in [0.2, 0.25) is 0 Å². The highest BCUT2D eigenvalue weighted by atomic mass is 31.2. The number of unbranched alkanes of at least 4 members (excludes halogenated alkanes) is 39. The predicted octanol–water partition coefficient (Wildman–Crippen LogP) is 16.7. The summed E-state index contributed by atoms with van der Waals surface area (Å²) in [5.74, 6) is -0.184. The maximum absolute atomic E-state index is 12.7. The van der Waals surface area contributed by atoms with Gasteiger partial charge in [0, 0.05) is 6.42 Å². The van der Waals surface area contributed by atoms with Crippen molar-refractivity contribution in [3.8, 4) is 0 Å². The first kappa shape index (κ1) is 63.2. The molecule has 0 fully saturated rings. The Bertz CT molecular complexity index is 1050. The summed E-state index contributed by atoms with van der Waals surface area (Å²) in [6.07, 6.45) is 58.8. The van der Waals surface area contributed by atoms with E-state index in [0.29, 0.717) is 17.4 Å². The lowest BCUT2D eigenvalue weighted by atomic mass is 10.0. The van der Waals surface area contributed by atoms with Crippen LogP contribution in [0.15, 0.2) is 12.2 Å². The number of hydrogen-bond acceptors (Lipinski definition) is 5. The molecule has 3 atom stereocenters. The van der Waals surface area contributed by atoms with E-state index in [4.69, 9.17) is 9.05 Å². The third kappa shape index (κ3) is 49.2. The highest BCUT2D eigenvalue weighted by Crippen LogP contribution is 2.43. The van der Waals surface area contributed by atoms with Gasteiger partial charge in [0.1, 0.15) is 13.2 Å². The summed E-state index contributed by atoms with van der Waals surface area (Å²) in [4.78, 5) is 22.8. The Kier molecular flexibility index (Phi) is 46.8. The zero-order valence-electron chi connectivity index (χ0n) is 43.6. The normalized spacial score (nSPS) is 14.0. The molecule has 3 N–H and O–H groups in total. The minimum atomic E-state index is -4.31. The molecule has 0 radical (unpaired) electrons. The quantitative estimate of drug-likeness (QED) is 0.0243. The lowest BCUT2D eigenvalue weighted by molar-refractivity contribution is -0.870. The molecule has 1 amide bonds. The molecule has 0 saturated carbocycles. The van der Waals surface area contributed by atoms with Crippen LogP contribution in [0.5, 0.6) is 0 Å². The number of nitrogens with zero attached hydrogens (tertiary/aromatic N) is 1. The maximum Gasteiger partial charge on any atom is 0.472 e. The molecule has 64 heavy (non-hydrogen) atoms. The van der Waals surface area contributed by atoms with Crippen LogP contribution in [0.3, 0.4) is 0 Å². The molecule has 0 saturated heterocycles. The number of aliphatic hydroxyl groups is 1. The molecule has 0 rings (SSSR count). The number of amides is 1. The van der Waals surface area contributed by atoms with Crippen molar-refractivity contribution < 1.29 is 32.9 Å². The Labute approximate surface area is 399 Å². The van der Waals surface area contributed by atoms with Crippen molar-refractivity contribution in [2.24, 2.45) is 0 Å². The molecule has 0 aliphatic carbocycles. The average Bonchev–Trinajstić information content (AvgIpc) is 3.25. The average molecular weight is 928 g/mol. The lowest BCUT2D eigenvalue weighted by Crippen LogP contribution is -2.45. The SMILES string of the molecule is CCC/C=C/C(O)C(COP(=O)(O)OCC[N+](C)(C)C)NC(=O)CCCCCCCCCCCCCCCCCCCCCCCCCCCCCCCCCCCCCCCCC. The van der Waals surface area contributed by atoms with Crippen LogP contribution < -0.4 is 5.32 Å². The Morgan fingerprint density at radius 3 is 1.12 bits per heavy atom. The summed E-state index contributed by atoms with van der Waals surface area (Å²) in [5.41, 5.74) is 0. The number of aliphatic hydroxyl groups excluding tert-OH is 1. The van der Waals surface area contributed by atoms with E-state index in [-0.39, 0.29) is 19.1 Å². The second-order valence-electron chi connectivity index (χ2n) is 20.7. The molecule has 0 heterocycles. The Balaban J connectivity index is 3.55. The number of rotatable bonds is 52. The second kappa shape index (κ2) is 47.3. The highest BCUT2D eigenvalue weighted by molar-refractivity contribution is 7.47. The van der Waals surface area contributed by atoms with Crippen molar-refractivity contribution in [1.82, 2.24) is 5.32 Å². The fraction of sp³-hybridized carbons (Fsp3) is 0.945. The van der Waals surface area contributed by atoms with Gasteiger partial charge in [-0.3, -0.25) is 13.8 Å². The van der Waals surface area contributed by atoms with Crippen LogP contribution in [-0.4, -0.2) is 73.4 Å². The van der Waals surface area contributed by atoms with E-state index in [1.54, 1.807) is 6.08 Å². The standard InChI is InChI=1S/C55H111N2O6P/c1-6-8-10-11-12-13-14-15-16-17-18-19-20-21-22-23-24-25-26-27-28-29-30-31-32-33-34-35-36-37-38-39-40-41-42-43-44-45-47-49-55(59)56-53(54(58)48-46-9-7-2)52-63-64(60,61)62-51-50-57(3,4)5/h46,48,53-54,58H,6-45,47,49-52H2,1-5H3,(H-,56,59,60,61)/p+1/b48-46+. The van der Waals surface area contributed by atoms with Crippen LogP contribution in [-0.2, 0) is 18.4 Å². The van der Waals surface area contributed by atoms with E-state index in [0.717, 1.165) is 32.1 Å². The number of phosphoric acid groups is 1. The molecule has 0 aromatic rings. The monoisotopic (exact) mass is 928 g/mol. The minimum absolute atomic E-state index is 0.0625. The van der Waals surface area contributed by atoms with E-state index < -0.39 is 20.0 Å². The van der Waals surface area contributed by atoms with Crippen molar-refractivity contribution in [1.29, 1.82) is 0 Å². The Morgan fingerprint density at radius 1 is 0.516 bits per heavy atom. The molecule has 8 nitrogen and oxygen atoms in total. The third-order valence-electron chi connectivity index (χ3n) is 13.0. The van der Waals surface area contributed by atoms with Gasteiger partial charge >= 0.3 is 7.82 Å². The van der Waals surface area contributed by atoms with E-state index in [2.05, 4.69) is 12.2 Å². The molecule has 0 aromatic carbocycles. The van der Waals surface area contributed by atoms with Gasteiger partial charge in [0.05, 0.1) is 39.9 Å². The van der Waals surface area contributed by atoms with Gasteiger partial charge in [-0.2, -0.15) is 0 Å². The third-order valence-corrected chi connectivity index (χ3v) is 14.0. The smallest absolute Gasteiger partial charge is 0.387 e. The number of quaternary nitrogens is 1. The molecule has 0 aliphatic heterocycles. The van der Waals surface area contributed by atoms with Gasteiger partial charge in [-0.1, -0.05) is 276 Å². The molecule has 382 valence electrons. The first-order valence-corrected chi connectivity index (χ1v) is 29.6.